The first-order valence-electron chi connectivity index (χ1n) is 18.1. The van der Waals surface area contributed by atoms with Gasteiger partial charge in [-0.2, -0.15) is 0 Å². The van der Waals surface area contributed by atoms with Crippen molar-refractivity contribution in [2.24, 2.45) is 68.3 Å². The molecule has 1 heterocycles. The van der Waals surface area contributed by atoms with Gasteiger partial charge in [0.1, 0.15) is 12.2 Å². The Kier molecular flexibility index (Phi) is 10.1. The Hall–Kier alpha value is -1.77. The molecule has 0 amide bonds. The predicted octanol–water partition coefficient (Wildman–Crippen LogP) is 7.08. The zero-order valence-electron chi connectivity index (χ0n) is 31.6. The van der Waals surface area contributed by atoms with E-state index in [1.54, 1.807) is 0 Å². The number of carboxylic acids is 1. The Morgan fingerprint density at radius 3 is 2.17 bits per heavy atom. The second kappa shape index (κ2) is 12.5. The van der Waals surface area contributed by atoms with E-state index in [1.807, 2.05) is 26.8 Å². The smallest absolute Gasteiger partial charge is 0.308 e. The van der Waals surface area contributed by atoms with Crippen LogP contribution in [0.5, 0.6) is 0 Å². The third kappa shape index (κ3) is 5.74. The summed E-state index contributed by atoms with van der Waals surface area (Å²) in [5.74, 6) is -1.34. The van der Waals surface area contributed by atoms with Gasteiger partial charge in [-0.1, -0.05) is 74.8 Å². The van der Waals surface area contributed by atoms with Gasteiger partial charge in [0.05, 0.1) is 25.7 Å². The lowest BCUT2D eigenvalue weighted by Crippen LogP contribution is -2.68. The van der Waals surface area contributed by atoms with Crippen LogP contribution in [0, 0.1) is 62.6 Å². The highest BCUT2D eigenvalue weighted by molar-refractivity contribution is 6.00. The lowest BCUT2D eigenvalue weighted by atomic mass is 9.35. The second-order valence-corrected chi connectivity index (χ2v) is 18.2. The van der Waals surface area contributed by atoms with Crippen molar-refractivity contribution in [3.8, 4) is 0 Å². The summed E-state index contributed by atoms with van der Waals surface area (Å²) in [6.45, 7) is 27.8. The highest BCUT2D eigenvalue weighted by atomic mass is 16.6. The molecule has 0 aromatic rings. The van der Waals surface area contributed by atoms with Gasteiger partial charge in [-0.15, -0.1) is 0 Å². The molecule has 0 radical (unpaired) electrons. The number of rotatable bonds is 10. The Morgan fingerprint density at radius 2 is 1.64 bits per heavy atom. The number of ether oxygens (including phenoxy) is 3. The molecular formula is C39H65NO7. The van der Waals surface area contributed by atoms with Crippen LogP contribution in [0.15, 0.2) is 11.6 Å². The fraction of sp³-hybridized carbons (Fsp3) is 0.872. The van der Waals surface area contributed by atoms with Crippen LogP contribution in [0.1, 0.15) is 116 Å². The molecule has 0 spiro atoms. The molecule has 1 saturated heterocycles. The second-order valence-electron chi connectivity index (χ2n) is 18.2. The fourth-order valence-electron chi connectivity index (χ4n) is 11.0. The predicted molar refractivity (Wildman–Crippen MR) is 183 cm³/mol. The van der Waals surface area contributed by atoms with Crippen molar-refractivity contribution < 1.29 is 33.7 Å². The monoisotopic (exact) mass is 659 g/mol. The van der Waals surface area contributed by atoms with Gasteiger partial charge in [-0.3, -0.25) is 14.4 Å². The summed E-state index contributed by atoms with van der Waals surface area (Å²) >= 11 is 0. The minimum Gasteiger partial charge on any atom is -0.481 e. The minimum absolute atomic E-state index is 0.0525. The molecule has 268 valence electrons. The molecule has 12 atom stereocenters. The molecule has 3 fully saturated rings. The van der Waals surface area contributed by atoms with E-state index >= 15 is 0 Å². The largest absolute Gasteiger partial charge is 0.481 e. The van der Waals surface area contributed by atoms with E-state index in [-0.39, 0.29) is 35.4 Å². The highest BCUT2D eigenvalue weighted by Crippen LogP contribution is 2.72. The van der Waals surface area contributed by atoms with Gasteiger partial charge in [-0.05, 0) is 86.0 Å². The number of carboxylic acid groups (broad SMARTS) is 1. The normalized spacial score (nSPS) is 41.9. The Morgan fingerprint density at radius 1 is 1.02 bits per heavy atom. The summed E-state index contributed by atoms with van der Waals surface area (Å²) in [5.41, 5.74) is 4.08. The van der Waals surface area contributed by atoms with E-state index in [0.717, 1.165) is 31.3 Å². The molecule has 1 aliphatic heterocycles. The summed E-state index contributed by atoms with van der Waals surface area (Å²) in [6.07, 6.45) is 4.10. The number of carbonyl (C=O) groups excluding carboxylic acids is 2. The van der Waals surface area contributed by atoms with Crippen molar-refractivity contribution in [1.29, 1.82) is 0 Å². The molecule has 4 aliphatic rings. The molecule has 47 heavy (non-hydrogen) atoms. The Bertz CT molecular complexity index is 1270. The lowest BCUT2D eigenvalue weighted by Gasteiger charge is -2.68. The molecule has 0 aromatic carbocycles. The quantitative estimate of drug-likeness (QED) is 0.239. The third-order valence-electron chi connectivity index (χ3n) is 14.9. The highest BCUT2D eigenvalue weighted by Gasteiger charge is 2.72. The van der Waals surface area contributed by atoms with Crippen molar-refractivity contribution in [3.05, 3.63) is 11.6 Å². The fourth-order valence-corrected chi connectivity index (χ4v) is 11.0. The van der Waals surface area contributed by atoms with Gasteiger partial charge in [-0.25, -0.2) is 0 Å². The number of hydrogen-bond acceptors (Lipinski definition) is 7. The molecule has 3 N–H and O–H groups in total. The van der Waals surface area contributed by atoms with Crippen LogP contribution in [0.25, 0.3) is 0 Å². The van der Waals surface area contributed by atoms with Gasteiger partial charge < -0.3 is 25.1 Å². The molecule has 8 heteroatoms. The first-order chi connectivity index (χ1) is 21.4. The molecule has 4 rings (SSSR count). The van der Waals surface area contributed by atoms with E-state index < -0.39 is 56.7 Å². The van der Waals surface area contributed by atoms with Crippen LogP contribution in [0.4, 0.5) is 0 Å². The van der Waals surface area contributed by atoms with Gasteiger partial charge >= 0.3 is 11.9 Å². The van der Waals surface area contributed by atoms with Gasteiger partial charge in [0.2, 0.25) is 0 Å². The molecule has 2 saturated carbocycles. The molecule has 2 unspecified atom stereocenters. The van der Waals surface area contributed by atoms with Gasteiger partial charge in [0.15, 0.2) is 5.78 Å². The molecule has 8 nitrogen and oxygen atoms in total. The number of nitrogens with two attached hydrogens (primary N) is 1. The topological polar surface area (TPSA) is 125 Å². The maximum absolute atomic E-state index is 14.7. The van der Waals surface area contributed by atoms with Crippen molar-refractivity contribution in [2.75, 3.05) is 19.8 Å². The van der Waals surface area contributed by atoms with Crippen LogP contribution in [-0.4, -0.2) is 60.4 Å². The number of hydrogen-bond donors (Lipinski definition) is 2. The number of allylic oxidation sites excluding steroid dienone is 1. The van der Waals surface area contributed by atoms with Crippen LogP contribution in [0.3, 0.4) is 0 Å². The van der Waals surface area contributed by atoms with E-state index in [4.69, 9.17) is 19.9 Å². The number of fused-ring (bicyclic) bond motifs is 5. The van der Waals surface area contributed by atoms with Crippen LogP contribution in [0.2, 0.25) is 0 Å². The summed E-state index contributed by atoms with van der Waals surface area (Å²) in [5, 5.41) is 10.9. The summed E-state index contributed by atoms with van der Waals surface area (Å²) in [7, 11) is 0. The number of ketones is 1. The Balaban J connectivity index is 1.81. The Labute approximate surface area is 284 Å². The van der Waals surface area contributed by atoms with Crippen LogP contribution < -0.4 is 5.73 Å². The maximum Gasteiger partial charge on any atom is 0.308 e. The number of esters is 1. The standard InChI is InChI=1S/C39H65NO7/c1-22(2)24(5)34(8)16-17-37(11)27-14-15-29-35(9,28(27)18-30(42)39(37,13)31(34)33(43)44)19-45-20-36(29,10)32(25(6)47-26(7)41)46-21-38(12,40)23(3)4/h18,22-25,27,29,31-32H,14-17,19-21,40H2,1-13H3,(H,43,44)/t24-,25-,27+,29-,31-,32+,34-,35+,36?,37-,38?,39+/m1/s1. The average Bonchev–Trinajstić information content (AvgIpc) is 2.94. The summed E-state index contributed by atoms with van der Waals surface area (Å²) in [4.78, 5) is 40.3. The van der Waals surface area contributed by atoms with Crippen molar-refractivity contribution in [3.63, 3.8) is 0 Å². The number of carbonyl (C=O) groups is 3. The summed E-state index contributed by atoms with van der Waals surface area (Å²) in [6, 6.07) is 0. The average molecular weight is 660 g/mol. The molecule has 0 aromatic heterocycles. The van der Waals surface area contributed by atoms with Crippen molar-refractivity contribution in [2.45, 2.75) is 133 Å². The van der Waals surface area contributed by atoms with Gasteiger partial charge in [0, 0.05) is 28.7 Å². The lowest BCUT2D eigenvalue weighted by molar-refractivity contribution is -0.226. The summed E-state index contributed by atoms with van der Waals surface area (Å²) < 4.78 is 19.0. The maximum atomic E-state index is 14.7. The van der Waals surface area contributed by atoms with E-state index in [9.17, 15) is 19.5 Å². The van der Waals surface area contributed by atoms with E-state index in [0.29, 0.717) is 25.7 Å². The van der Waals surface area contributed by atoms with Crippen LogP contribution in [-0.2, 0) is 28.6 Å². The number of aliphatic carboxylic acids is 1. The molecular weight excluding hydrogens is 594 g/mol. The first kappa shape index (κ1) is 38.0. The van der Waals surface area contributed by atoms with Crippen molar-refractivity contribution in [1.82, 2.24) is 0 Å². The molecule has 3 aliphatic carbocycles. The third-order valence-corrected chi connectivity index (χ3v) is 14.9. The first-order valence-corrected chi connectivity index (χ1v) is 18.1. The zero-order chi connectivity index (χ0) is 35.7. The van der Waals surface area contributed by atoms with Crippen LogP contribution >= 0.6 is 0 Å². The van der Waals surface area contributed by atoms with E-state index in [1.165, 1.54) is 6.92 Å². The molecule has 0 bridgehead atoms. The van der Waals surface area contributed by atoms with E-state index in [2.05, 4.69) is 62.3 Å². The zero-order valence-corrected chi connectivity index (χ0v) is 31.6. The van der Waals surface area contributed by atoms with Gasteiger partial charge in [0.25, 0.3) is 0 Å². The SMILES string of the molecule is CC(=O)O[C@H](C)[C@H](OCC(C)(N)C(C)C)C1(C)COC[C@@]2(C)C3=CC(=O)[C@@]4(C)[C@H](C(=O)O)[C@@](C)([C@H](C)C(C)C)CC[C@]4(C)[C@H]3CC[C@@H]12. The van der Waals surface area contributed by atoms with Crippen molar-refractivity contribution >= 4 is 17.7 Å². The minimum atomic E-state index is -1.04.